The van der Waals surface area contributed by atoms with Gasteiger partial charge in [-0.1, -0.05) is 12.1 Å². The van der Waals surface area contributed by atoms with Gasteiger partial charge in [-0.15, -0.1) is 0 Å². The molecule has 6 heteroatoms. The number of carbonyl (C=O) groups excluding carboxylic acids is 2. The summed E-state index contributed by atoms with van der Waals surface area (Å²) in [5.41, 5.74) is 6.49. The van der Waals surface area contributed by atoms with E-state index in [1.165, 1.54) is 30.3 Å². The van der Waals surface area contributed by atoms with E-state index in [0.29, 0.717) is 5.69 Å². The molecule has 0 unspecified atom stereocenters. The van der Waals surface area contributed by atoms with Crippen molar-refractivity contribution in [3.8, 4) is 0 Å². The molecule has 0 aliphatic heterocycles. The number of benzene rings is 2. The summed E-state index contributed by atoms with van der Waals surface area (Å²) in [6, 6.07) is 10.9. The third-order valence-electron chi connectivity index (χ3n) is 2.53. The zero-order chi connectivity index (χ0) is 14.5. The second-order valence-electron chi connectivity index (χ2n) is 4.00. The number of nitrogen functional groups attached to an aromatic ring is 1. The van der Waals surface area contributed by atoms with Gasteiger partial charge in [0.1, 0.15) is 5.82 Å². The highest BCUT2D eigenvalue weighted by atomic mass is 19.1. The molecule has 0 saturated heterocycles. The first-order valence-corrected chi connectivity index (χ1v) is 5.78. The number of hydrogen-bond acceptors (Lipinski definition) is 3. The van der Waals surface area contributed by atoms with Gasteiger partial charge in [-0.25, -0.2) is 9.18 Å². The van der Waals surface area contributed by atoms with Crippen molar-refractivity contribution in [2.45, 2.75) is 0 Å². The molecule has 0 saturated carbocycles. The van der Waals surface area contributed by atoms with E-state index in [-0.39, 0.29) is 11.3 Å². The topological polar surface area (TPSA) is 84.2 Å². The van der Waals surface area contributed by atoms with Gasteiger partial charge in [0.15, 0.2) is 0 Å². The van der Waals surface area contributed by atoms with Crippen molar-refractivity contribution in [2.75, 3.05) is 11.1 Å². The van der Waals surface area contributed by atoms with Gasteiger partial charge in [0.25, 0.3) is 5.91 Å². The molecule has 3 amide bonds. The van der Waals surface area contributed by atoms with Crippen LogP contribution in [0.5, 0.6) is 0 Å². The maximum atomic E-state index is 12.7. The van der Waals surface area contributed by atoms with Gasteiger partial charge < -0.3 is 11.1 Å². The van der Waals surface area contributed by atoms with E-state index in [9.17, 15) is 14.0 Å². The highest BCUT2D eigenvalue weighted by Crippen LogP contribution is 2.11. The molecule has 0 atom stereocenters. The van der Waals surface area contributed by atoms with Gasteiger partial charge in [-0.3, -0.25) is 10.1 Å². The van der Waals surface area contributed by atoms with Crippen molar-refractivity contribution in [1.29, 1.82) is 0 Å². The van der Waals surface area contributed by atoms with Crippen molar-refractivity contribution in [2.24, 2.45) is 0 Å². The second kappa shape index (κ2) is 5.83. The predicted octanol–water partition coefficient (Wildman–Crippen LogP) is 2.37. The van der Waals surface area contributed by atoms with Crippen molar-refractivity contribution < 1.29 is 14.0 Å². The first kappa shape index (κ1) is 13.5. The molecule has 2 rings (SSSR count). The third-order valence-corrected chi connectivity index (χ3v) is 2.53. The minimum atomic E-state index is -0.718. The lowest BCUT2D eigenvalue weighted by atomic mass is 10.2. The Morgan fingerprint density at radius 1 is 1.00 bits per heavy atom. The molecule has 4 N–H and O–H groups in total. The number of para-hydroxylation sites is 1. The van der Waals surface area contributed by atoms with Crippen LogP contribution in [0.3, 0.4) is 0 Å². The third kappa shape index (κ3) is 3.32. The number of nitrogens with two attached hydrogens (primary N) is 1. The molecule has 0 heterocycles. The number of halogens is 1. The van der Waals surface area contributed by atoms with Crippen LogP contribution < -0.4 is 16.4 Å². The van der Waals surface area contributed by atoms with Crippen LogP contribution in [-0.2, 0) is 0 Å². The summed E-state index contributed by atoms with van der Waals surface area (Å²) in [5.74, 6) is -1.02. The summed E-state index contributed by atoms with van der Waals surface area (Å²) in [7, 11) is 0. The van der Waals surface area contributed by atoms with Gasteiger partial charge in [0.05, 0.1) is 5.56 Å². The Morgan fingerprint density at radius 3 is 2.30 bits per heavy atom. The number of nitrogens with one attached hydrogen (secondary N) is 2. The standard InChI is InChI=1S/C14H12FN3O2/c15-9-5-7-10(8-6-9)17-14(20)18-13(19)11-3-1-2-4-12(11)16/h1-8H,16H2,(H2,17,18,19,20). The molecule has 0 aliphatic carbocycles. The Hall–Kier alpha value is -2.89. The lowest BCUT2D eigenvalue weighted by Gasteiger charge is -2.08. The van der Waals surface area contributed by atoms with Gasteiger partial charge in [0.2, 0.25) is 0 Å². The zero-order valence-corrected chi connectivity index (χ0v) is 10.4. The number of urea groups is 1. The summed E-state index contributed by atoms with van der Waals surface area (Å²) in [6.45, 7) is 0. The molecule has 102 valence electrons. The molecule has 5 nitrogen and oxygen atoms in total. The average molecular weight is 273 g/mol. The van der Waals surface area contributed by atoms with Crippen LogP contribution in [0.1, 0.15) is 10.4 Å². The van der Waals surface area contributed by atoms with Crippen molar-refractivity contribution in [1.82, 2.24) is 5.32 Å². The fourth-order valence-corrected chi connectivity index (χ4v) is 1.57. The van der Waals surface area contributed by atoms with E-state index < -0.39 is 17.8 Å². The SMILES string of the molecule is Nc1ccccc1C(=O)NC(=O)Nc1ccc(F)cc1. The Kier molecular flexibility index (Phi) is 3.95. The first-order chi connectivity index (χ1) is 9.56. The van der Waals surface area contributed by atoms with Crippen LogP contribution in [0.15, 0.2) is 48.5 Å². The lowest BCUT2D eigenvalue weighted by molar-refractivity contribution is 0.0968. The molecule has 0 bridgehead atoms. The van der Waals surface area contributed by atoms with E-state index in [1.807, 2.05) is 0 Å². The van der Waals surface area contributed by atoms with E-state index in [0.717, 1.165) is 0 Å². The number of rotatable bonds is 2. The average Bonchev–Trinajstić information content (AvgIpc) is 2.41. The largest absolute Gasteiger partial charge is 0.398 e. The van der Waals surface area contributed by atoms with E-state index in [1.54, 1.807) is 18.2 Å². The molecular formula is C14H12FN3O2. The van der Waals surface area contributed by atoms with Crippen LogP contribution in [-0.4, -0.2) is 11.9 Å². The van der Waals surface area contributed by atoms with E-state index in [2.05, 4.69) is 10.6 Å². The normalized spacial score (nSPS) is 9.85. The quantitative estimate of drug-likeness (QED) is 0.734. The maximum absolute atomic E-state index is 12.7. The van der Waals surface area contributed by atoms with Crippen molar-refractivity contribution >= 4 is 23.3 Å². The fraction of sp³-hybridized carbons (Fsp3) is 0. The molecule has 0 aliphatic rings. The minimum absolute atomic E-state index is 0.210. The molecule has 0 spiro atoms. The van der Waals surface area contributed by atoms with Crippen LogP contribution in [0.25, 0.3) is 0 Å². The fourth-order valence-electron chi connectivity index (χ4n) is 1.57. The molecule has 0 aromatic heterocycles. The molecule has 2 aromatic rings. The van der Waals surface area contributed by atoms with Crippen LogP contribution >= 0.6 is 0 Å². The Balaban J connectivity index is 2.00. The van der Waals surface area contributed by atoms with Gasteiger partial charge in [-0.05, 0) is 36.4 Å². The number of imide groups is 1. The Labute approximate surface area is 114 Å². The summed E-state index contributed by atoms with van der Waals surface area (Å²) in [4.78, 5) is 23.4. The Morgan fingerprint density at radius 2 is 1.65 bits per heavy atom. The summed E-state index contributed by atoms with van der Waals surface area (Å²) < 4.78 is 12.7. The minimum Gasteiger partial charge on any atom is -0.398 e. The number of hydrogen-bond donors (Lipinski definition) is 3. The summed E-state index contributed by atoms with van der Waals surface area (Å²) >= 11 is 0. The maximum Gasteiger partial charge on any atom is 0.326 e. The van der Waals surface area contributed by atoms with Crippen molar-refractivity contribution in [3.05, 3.63) is 59.9 Å². The Bertz CT molecular complexity index is 641. The molecule has 0 fully saturated rings. The zero-order valence-electron chi connectivity index (χ0n) is 10.4. The van der Waals surface area contributed by atoms with Crippen LogP contribution in [0.4, 0.5) is 20.6 Å². The summed E-state index contributed by atoms with van der Waals surface area (Å²) in [6.07, 6.45) is 0. The monoisotopic (exact) mass is 273 g/mol. The van der Waals surface area contributed by atoms with Gasteiger partial charge in [-0.2, -0.15) is 0 Å². The van der Waals surface area contributed by atoms with Crippen molar-refractivity contribution in [3.63, 3.8) is 0 Å². The van der Waals surface area contributed by atoms with Crippen LogP contribution in [0.2, 0.25) is 0 Å². The molecule has 20 heavy (non-hydrogen) atoms. The van der Waals surface area contributed by atoms with E-state index >= 15 is 0 Å². The number of anilines is 2. The second-order valence-corrected chi connectivity index (χ2v) is 4.00. The molecule has 2 aromatic carbocycles. The predicted molar refractivity (Wildman–Crippen MR) is 73.7 cm³/mol. The highest BCUT2D eigenvalue weighted by molar-refractivity contribution is 6.10. The van der Waals surface area contributed by atoms with E-state index in [4.69, 9.17) is 5.73 Å². The number of amides is 3. The number of carbonyl (C=O) groups is 2. The highest BCUT2D eigenvalue weighted by Gasteiger charge is 2.12. The summed E-state index contributed by atoms with van der Waals surface area (Å²) in [5, 5.41) is 4.55. The first-order valence-electron chi connectivity index (χ1n) is 5.78. The van der Waals surface area contributed by atoms with Gasteiger partial charge >= 0.3 is 6.03 Å². The molecule has 0 radical (unpaired) electrons. The molecular weight excluding hydrogens is 261 g/mol. The van der Waals surface area contributed by atoms with Crippen LogP contribution in [0, 0.1) is 5.82 Å². The smallest absolute Gasteiger partial charge is 0.326 e. The van der Waals surface area contributed by atoms with Gasteiger partial charge in [0, 0.05) is 11.4 Å². The lowest BCUT2D eigenvalue weighted by Crippen LogP contribution is -2.34.